The number of benzene rings is 1. The first kappa shape index (κ1) is 25.9. The predicted octanol–water partition coefficient (Wildman–Crippen LogP) is 1.53. The molecule has 0 saturated heterocycles. The van der Waals surface area contributed by atoms with Gasteiger partial charge in [0.25, 0.3) is 0 Å². The third-order valence-corrected chi connectivity index (χ3v) is 8.49. The van der Waals surface area contributed by atoms with E-state index in [1.54, 1.807) is 6.92 Å². The van der Waals surface area contributed by atoms with E-state index < -0.39 is 47.6 Å². The van der Waals surface area contributed by atoms with Crippen LogP contribution >= 0.6 is 0 Å². The van der Waals surface area contributed by atoms with E-state index in [0.717, 1.165) is 10.4 Å². The number of ether oxygens (including phenoxy) is 1. The van der Waals surface area contributed by atoms with Gasteiger partial charge >= 0.3 is 0 Å². The Bertz CT molecular complexity index is 1390. The highest BCUT2D eigenvalue weighted by molar-refractivity contribution is 7.94. The van der Waals surface area contributed by atoms with E-state index in [-0.39, 0.29) is 29.2 Å². The van der Waals surface area contributed by atoms with Crippen LogP contribution in [0.15, 0.2) is 34.1 Å². The number of pyridine rings is 1. The van der Waals surface area contributed by atoms with Crippen molar-refractivity contribution in [1.29, 1.82) is 5.26 Å². The van der Waals surface area contributed by atoms with Gasteiger partial charge in [-0.3, -0.25) is 4.79 Å². The number of sulfonamides is 1. The van der Waals surface area contributed by atoms with Gasteiger partial charge in [-0.15, -0.1) is 0 Å². The molecule has 2 rings (SSSR count). The Morgan fingerprint density at radius 3 is 2.48 bits per heavy atom. The first-order valence-electron chi connectivity index (χ1n) is 9.45. The number of hydrogen-bond donors (Lipinski definition) is 0. The lowest BCUT2D eigenvalue weighted by Crippen LogP contribution is -2.27. The van der Waals surface area contributed by atoms with Gasteiger partial charge in [-0.2, -0.15) is 5.26 Å². The highest BCUT2D eigenvalue weighted by Crippen LogP contribution is 2.29. The number of rotatable bonds is 9. The number of hydrogen-bond acceptors (Lipinski definition) is 8. The van der Waals surface area contributed by atoms with Crippen LogP contribution in [0.5, 0.6) is 5.88 Å². The zero-order valence-electron chi connectivity index (χ0n) is 18.5. The lowest BCUT2D eigenvalue weighted by atomic mass is 10.1. The molecule has 0 N–H and O–H groups in total. The average molecular weight is 491 g/mol. The topological polar surface area (TPSA) is 139 Å². The number of methoxy groups -OCH3 is 1. The third-order valence-electron chi connectivity index (χ3n) is 4.69. The number of aromatic nitrogens is 1. The molecule has 0 unspecified atom stereocenters. The molecule has 1 heterocycles. The van der Waals surface area contributed by atoms with Crippen LogP contribution < -0.4 is 4.74 Å². The Labute approximate surface area is 193 Å². The molecule has 174 valence electrons. The predicted molar refractivity (Wildman–Crippen MR) is 119 cm³/mol. The number of carbonyl (C=O) groups excluding carboxylic acids is 1. The minimum Gasteiger partial charge on any atom is -0.481 e. The number of aryl methyl sites for hydroxylation is 1. The largest absolute Gasteiger partial charge is 0.481 e. The Balaban J connectivity index is 2.53. The van der Waals surface area contributed by atoms with Crippen LogP contribution in [-0.2, 0) is 37.6 Å². The van der Waals surface area contributed by atoms with E-state index in [1.807, 2.05) is 6.07 Å². The van der Waals surface area contributed by atoms with Gasteiger partial charge in [0.1, 0.15) is 16.7 Å². The minimum absolute atomic E-state index is 0.0177. The van der Waals surface area contributed by atoms with Crippen LogP contribution in [0, 0.1) is 24.8 Å². The van der Waals surface area contributed by atoms with Crippen molar-refractivity contribution in [3.8, 4) is 11.9 Å². The molecule has 12 heteroatoms. The van der Waals surface area contributed by atoms with Crippen LogP contribution in [0.4, 0.5) is 0 Å². The number of nitriles is 1. The van der Waals surface area contributed by atoms with E-state index in [2.05, 4.69) is 9.83 Å². The van der Waals surface area contributed by atoms with Gasteiger partial charge < -0.3 is 9.58 Å². The minimum atomic E-state index is -4.41. The maximum absolute atomic E-state index is 13.1. The van der Waals surface area contributed by atoms with Crippen LogP contribution in [0.2, 0.25) is 0 Å². The summed E-state index contributed by atoms with van der Waals surface area (Å²) in [6.45, 7) is 8.36. The fourth-order valence-electron chi connectivity index (χ4n) is 3.11. The molecule has 0 spiro atoms. The molecule has 1 aromatic heterocycles. The molecule has 0 bridgehead atoms. The lowest BCUT2D eigenvalue weighted by molar-refractivity contribution is -0.116. The Morgan fingerprint density at radius 1 is 1.27 bits per heavy atom. The molecule has 0 radical (unpaired) electrons. The van der Waals surface area contributed by atoms with Crippen molar-refractivity contribution >= 4 is 25.6 Å². The van der Waals surface area contributed by atoms with Crippen LogP contribution in [0.25, 0.3) is 4.85 Å². The van der Waals surface area contributed by atoms with Gasteiger partial charge in [0.05, 0.1) is 35.2 Å². The average Bonchev–Trinajstić information content (AvgIpc) is 2.72. The normalized spacial score (nSPS) is 11.6. The molecule has 2 aromatic rings. The summed E-state index contributed by atoms with van der Waals surface area (Å²) in [5, 5.41) is 9.39. The summed E-state index contributed by atoms with van der Waals surface area (Å²) in [7, 11) is -4.80. The van der Waals surface area contributed by atoms with Gasteiger partial charge in [0.2, 0.25) is 22.4 Å². The molecule has 0 aliphatic rings. The van der Waals surface area contributed by atoms with Crippen molar-refractivity contribution in [3.63, 3.8) is 0 Å². The maximum Gasteiger partial charge on any atom is 0.244 e. The van der Waals surface area contributed by atoms with Crippen LogP contribution in [0.3, 0.4) is 0 Å². The number of ketones is 1. The van der Waals surface area contributed by atoms with Crippen LogP contribution in [-0.4, -0.2) is 58.9 Å². The summed E-state index contributed by atoms with van der Waals surface area (Å²) in [5.41, 5.74) is 0.735. The first-order chi connectivity index (χ1) is 15.4. The molecular weight excluding hydrogens is 468 g/mol. The van der Waals surface area contributed by atoms with Crippen molar-refractivity contribution in [2.24, 2.45) is 0 Å². The molecule has 0 aliphatic carbocycles. The summed E-state index contributed by atoms with van der Waals surface area (Å²) < 4.78 is 57.9. The number of Topliss-reactive ketones (excluding diaryl/α,β-unsaturated/α-hetero) is 1. The van der Waals surface area contributed by atoms with Gasteiger partial charge in [-0.25, -0.2) is 32.7 Å². The number of nitrogens with zero attached hydrogens (tertiary/aromatic N) is 4. The smallest absolute Gasteiger partial charge is 0.244 e. The quantitative estimate of drug-likeness (QED) is 0.482. The van der Waals surface area contributed by atoms with E-state index >= 15 is 0 Å². The molecule has 0 saturated carbocycles. The fraction of sp³-hybridized carbons (Fsp3) is 0.333. The second-order valence-corrected chi connectivity index (χ2v) is 11.3. The fourth-order valence-corrected chi connectivity index (χ4v) is 6.34. The highest BCUT2D eigenvalue weighted by Gasteiger charge is 2.33. The number of sulfone groups is 1. The molecule has 0 atom stereocenters. The second-order valence-electron chi connectivity index (χ2n) is 7.24. The van der Waals surface area contributed by atoms with Crippen molar-refractivity contribution in [1.82, 2.24) is 9.29 Å². The van der Waals surface area contributed by atoms with Crippen molar-refractivity contribution in [3.05, 3.63) is 58.1 Å². The van der Waals surface area contributed by atoms with Crippen LogP contribution in [0.1, 0.15) is 22.4 Å². The van der Waals surface area contributed by atoms with E-state index in [9.17, 15) is 26.9 Å². The lowest BCUT2D eigenvalue weighted by Gasteiger charge is -2.17. The summed E-state index contributed by atoms with van der Waals surface area (Å²) in [6.07, 6.45) is -0.461. The zero-order chi connectivity index (χ0) is 25.0. The van der Waals surface area contributed by atoms with Gasteiger partial charge in [-0.1, -0.05) is 12.1 Å². The third kappa shape index (κ3) is 5.54. The molecular formula is C21H22N4O6S2. The maximum atomic E-state index is 13.1. The van der Waals surface area contributed by atoms with Crippen molar-refractivity contribution in [2.45, 2.75) is 29.7 Å². The molecule has 0 aliphatic heterocycles. The molecule has 33 heavy (non-hydrogen) atoms. The highest BCUT2D eigenvalue weighted by atomic mass is 32.2. The first-order valence-corrected chi connectivity index (χ1v) is 12.5. The Morgan fingerprint density at radius 2 is 1.94 bits per heavy atom. The summed E-state index contributed by atoms with van der Waals surface area (Å²) in [5.74, 6) is -1.62. The molecule has 0 fully saturated rings. The summed E-state index contributed by atoms with van der Waals surface area (Å²) >= 11 is 0. The Hall–Kier alpha value is -3.32. The zero-order valence-corrected chi connectivity index (χ0v) is 20.1. The second kappa shape index (κ2) is 10.1. The molecule has 1 aromatic carbocycles. The van der Waals surface area contributed by atoms with Crippen molar-refractivity contribution < 1.29 is 26.4 Å². The standard InChI is InChI=1S/C21H22N4O6S2/c1-14-9-20(31-5)24-18(17(14)11-22)10-16(26)13-32(27,28)19-8-6-7-15(12-23-2)21(19)33(29,30)25(3)4/h6-9H,10,12-13H2,1,3-5H3. The van der Waals surface area contributed by atoms with Gasteiger partial charge in [-0.05, 0) is 18.6 Å². The monoisotopic (exact) mass is 490 g/mol. The molecule has 0 amide bonds. The van der Waals surface area contributed by atoms with E-state index in [1.165, 1.54) is 39.4 Å². The van der Waals surface area contributed by atoms with Gasteiger partial charge in [0, 0.05) is 20.2 Å². The van der Waals surface area contributed by atoms with Gasteiger partial charge in [0.15, 0.2) is 15.6 Å². The summed E-state index contributed by atoms with van der Waals surface area (Å²) in [6, 6.07) is 7.25. The Kier molecular flexibility index (Phi) is 7.93. The van der Waals surface area contributed by atoms with Crippen molar-refractivity contribution in [2.75, 3.05) is 27.0 Å². The van der Waals surface area contributed by atoms with E-state index in [4.69, 9.17) is 11.3 Å². The summed E-state index contributed by atoms with van der Waals surface area (Å²) in [4.78, 5) is 18.9. The molecule has 10 nitrogen and oxygen atoms in total. The SMILES string of the molecule is [C-]#[N+]Cc1cccc(S(=O)(=O)CC(=O)Cc2nc(OC)cc(C)c2C#N)c1S(=O)(=O)N(C)C. The number of carbonyl (C=O) groups is 1. The van der Waals surface area contributed by atoms with E-state index in [0.29, 0.717) is 5.56 Å².